The van der Waals surface area contributed by atoms with Crippen LogP contribution in [0.15, 0.2) is 60.2 Å². The van der Waals surface area contributed by atoms with Crippen LogP contribution in [-0.4, -0.2) is 44.8 Å². The fraction of sp³-hybridized carbons (Fsp3) is 0.280. The predicted molar refractivity (Wildman–Crippen MR) is 139 cm³/mol. The maximum Gasteiger partial charge on any atom is 0.347 e. The third-order valence-corrected chi connectivity index (χ3v) is 7.62. The Hall–Kier alpha value is -3.61. The van der Waals surface area contributed by atoms with E-state index in [4.69, 9.17) is 9.47 Å². The van der Waals surface area contributed by atoms with Crippen molar-refractivity contribution in [3.8, 4) is 17.2 Å². The van der Waals surface area contributed by atoms with Crippen molar-refractivity contribution in [2.75, 3.05) is 14.2 Å². The summed E-state index contributed by atoms with van der Waals surface area (Å²) in [6.45, 7) is 0.170. The van der Waals surface area contributed by atoms with Crippen molar-refractivity contribution in [2.24, 2.45) is 13.0 Å². The van der Waals surface area contributed by atoms with Gasteiger partial charge in [0.25, 0.3) is 0 Å². The molecular weight excluding hydrogens is 581 g/mol. The van der Waals surface area contributed by atoms with E-state index in [0.717, 1.165) is 10.1 Å². The SMILES string of the molecule is COc1cc(C=C[C@H]2C3=CCn4c(=O)n(C)c(=O)n4[C@@H]3CC3=C2C(=O)C(I)=CC3=O)cc(OC)c1O. The van der Waals surface area contributed by atoms with Crippen LogP contribution in [0.5, 0.6) is 17.2 Å². The van der Waals surface area contributed by atoms with Gasteiger partial charge in [0, 0.05) is 36.6 Å². The molecule has 2 aromatic rings. The van der Waals surface area contributed by atoms with Crippen molar-refractivity contribution in [2.45, 2.75) is 19.0 Å². The zero-order valence-corrected chi connectivity index (χ0v) is 21.8. The topological polar surface area (TPSA) is 122 Å². The van der Waals surface area contributed by atoms with Crippen molar-refractivity contribution in [1.29, 1.82) is 0 Å². The molecule has 11 heteroatoms. The van der Waals surface area contributed by atoms with Crippen molar-refractivity contribution in [3.63, 3.8) is 0 Å². The number of aromatic nitrogens is 3. The molecule has 0 spiro atoms. The van der Waals surface area contributed by atoms with Crippen LogP contribution in [0.1, 0.15) is 18.0 Å². The molecular formula is C25H22IN3O7. The van der Waals surface area contributed by atoms with Gasteiger partial charge in [0.15, 0.2) is 23.1 Å². The minimum Gasteiger partial charge on any atom is -0.502 e. The minimum absolute atomic E-state index is 0.135. The molecule has 0 radical (unpaired) electrons. The van der Waals surface area contributed by atoms with E-state index >= 15 is 0 Å². The second kappa shape index (κ2) is 8.80. The molecule has 1 aromatic carbocycles. The monoisotopic (exact) mass is 603 g/mol. The molecule has 1 aromatic heterocycles. The minimum atomic E-state index is -0.601. The van der Waals surface area contributed by atoms with Crippen LogP contribution in [0, 0.1) is 5.92 Å². The maximum absolute atomic E-state index is 13.3. The lowest BCUT2D eigenvalue weighted by molar-refractivity contribution is -0.115. The molecule has 36 heavy (non-hydrogen) atoms. The summed E-state index contributed by atoms with van der Waals surface area (Å²) in [5.74, 6) is -0.812. The molecule has 2 atom stereocenters. The van der Waals surface area contributed by atoms with E-state index in [-0.39, 0.29) is 41.8 Å². The number of benzene rings is 1. The number of aromatic hydroxyl groups is 1. The van der Waals surface area contributed by atoms with E-state index in [1.165, 1.54) is 36.7 Å². The zero-order chi connectivity index (χ0) is 25.9. The number of carbonyl (C=O) groups is 2. The predicted octanol–water partition coefficient (Wildman–Crippen LogP) is 2.05. The van der Waals surface area contributed by atoms with Crippen molar-refractivity contribution in [3.05, 3.63) is 77.2 Å². The average Bonchev–Trinajstić information content (AvgIpc) is 3.09. The smallest absolute Gasteiger partial charge is 0.347 e. The van der Waals surface area contributed by atoms with Gasteiger partial charge in [-0.3, -0.25) is 9.59 Å². The highest BCUT2D eigenvalue weighted by Gasteiger charge is 2.43. The van der Waals surface area contributed by atoms with Gasteiger partial charge < -0.3 is 14.6 Å². The number of rotatable bonds is 4. The Bertz CT molecular complexity index is 1560. The third kappa shape index (κ3) is 3.52. The van der Waals surface area contributed by atoms with E-state index in [9.17, 15) is 24.3 Å². The number of ether oxygens (including phenoxy) is 2. The van der Waals surface area contributed by atoms with Crippen LogP contribution in [-0.2, 0) is 23.2 Å². The van der Waals surface area contributed by atoms with Crippen LogP contribution in [0.3, 0.4) is 0 Å². The van der Waals surface area contributed by atoms with Crippen LogP contribution < -0.4 is 20.9 Å². The van der Waals surface area contributed by atoms with Gasteiger partial charge in [-0.15, -0.1) is 0 Å². The lowest BCUT2D eigenvalue weighted by Gasteiger charge is -2.38. The van der Waals surface area contributed by atoms with Crippen LogP contribution >= 0.6 is 22.6 Å². The highest BCUT2D eigenvalue weighted by Crippen LogP contribution is 2.46. The molecule has 2 aliphatic carbocycles. The van der Waals surface area contributed by atoms with E-state index in [0.29, 0.717) is 20.3 Å². The van der Waals surface area contributed by atoms with Crippen LogP contribution in [0.25, 0.3) is 6.08 Å². The number of Topliss-reactive ketones (excluding diaryl/α,β-unsaturated/α-hetero) is 1. The maximum atomic E-state index is 13.3. The number of methoxy groups -OCH3 is 2. The Kier molecular flexibility index (Phi) is 5.89. The molecule has 10 nitrogen and oxygen atoms in total. The molecule has 0 unspecified atom stereocenters. The fourth-order valence-electron chi connectivity index (χ4n) is 5.07. The highest BCUT2D eigenvalue weighted by molar-refractivity contribution is 14.1. The van der Waals surface area contributed by atoms with Gasteiger partial charge >= 0.3 is 11.4 Å². The number of phenols is 1. The summed E-state index contributed by atoms with van der Waals surface area (Å²) in [5, 5.41) is 10.2. The van der Waals surface area contributed by atoms with Crippen molar-refractivity contribution >= 4 is 40.2 Å². The molecule has 5 rings (SSSR count). The summed E-state index contributed by atoms with van der Waals surface area (Å²) in [6.07, 6.45) is 6.85. The molecule has 0 fully saturated rings. The Morgan fingerprint density at radius 1 is 1.08 bits per heavy atom. The number of fused-ring (bicyclic) bond motifs is 3. The second-order valence-corrected chi connectivity index (χ2v) is 9.83. The van der Waals surface area contributed by atoms with Crippen LogP contribution in [0.2, 0.25) is 0 Å². The van der Waals surface area contributed by atoms with E-state index in [1.54, 1.807) is 24.3 Å². The molecule has 0 bridgehead atoms. The number of hydrogen-bond acceptors (Lipinski definition) is 7. The van der Waals surface area contributed by atoms with E-state index in [2.05, 4.69) is 0 Å². The number of carbonyl (C=O) groups excluding carboxylic acids is 2. The summed E-state index contributed by atoms with van der Waals surface area (Å²) < 4.78 is 14.6. The lowest BCUT2D eigenvalue weighted by atomic mass is 9.71. The molecule has 2 heterocycles. The first-order chi connectivity index (χ1) is 17.2. The van der Waals surface area contributed by atoms with E-state index < -0.39 is 23.3 Å². The molecule has 1 N–H and O–H groups in total. The highest BCUT2D eigenvalue weighted by atomic mass is 127. The zero-order valence-electron chi connectivity index (χ0n) is 19.6. The normalized spacial score (nSPS) is 21.1. The van der Waals surface area contributed by atoms with Gasteiger partial charge in [0.05, 0.1) is 30.4 Å². The largest absolute Gasteiger partial charge is 0.502 e. The molecule has 1 aliphatic heterocycles. The van der Waals surface area contributed by atoms with E-state index in [1.807, 2.05) is 28.7 Å². The number of ketones is 2. The van der Waals surface area contributed by atoms with Gasteiger partial charge in [-0.05, 0) is 45.9 Å². The summed E-state index contributed by atoms with van der Waals surface area (Å²) in [5.41, 5.74) is 1.21. The Labute approximate surface area is 218 Å². The van der Waals surface area contributed by atoms with Gasteiger partial charge in [0.1, 0.15) is 0 Å². The third-order valence-electron chi connectivity index (χ3n) is 6.82. The summed E-state index contributed by atoms with van der Waals surface area (Å²) >= 11 is 1.87. The molecule has 0 amide bonds. The summed E-state index contributed by atoms with van der Waals surface area (Å²) in [4.78, 5) is 51.8. The lowest BCUT2D eigenvalue weighted by Crippen LogP contribution is -2.41. The summed E-state index contributed by atoms with van der Waals surface area (Å²) in [6, 6.07) is 2.66. The molecule has 3 aliphatic rings. The van der Waals surface area contributed by atoms with Gasteiger partial charge in [-0.1, -0.05) is 18.2 Å². The number of nitrogens with zero attached hydrogens (tertiary/aromatic N) is 3. The number of phenolic OH excluding ortho intramolecular Hbond substituents is 1. The first kappa shape index (κ1) is 24.1. The standard InChI is InChI=1S/C25H22IN3O7/c1-27-24(33)28-7-6-13-14(5-4-12-8-19(35-2)23(32)20(9-12)36-3)21-15(10-17(13)29(28)25(27)34)18(30)11-16(26)22(21)31/h4-6,8-9,11,14,17,32H,7,10H2,1-3H3/t14-,17+/m0/s1. The number of hydrogen-bond donors (Lipinski definition) is 1. The van der Waals surface area contributed by atoms with Gasteiger partial charge in [0.2, 0.25) is 5.75 Å². The Morgan fingerprint density at radius 3 is 2.39 bits per heavy atom. The molecule has 0 saturated carbocycles. The Balaban J connectivity index is 1.67. The average molecular weight is 603 g/mol. The number of halogens is 1. The van der Waals surface area contributed by atoms with Gasteiger partial charge in [-0.2, -0.15) is 0 Å². The molecule has 0 saturated heterocycles. The summed E-state index contributed by atoms with van der Waals surface area (Å²) in [7, 11) is 4.27. The van der Waals surface area contributed by atoms with Crippen molar-refractivity contribution < 1.29 is 24.2 Å². The van der Waals surface area contributed by atoms with Crippen LogP contribution in [0.4, 0.5) is 0 Å². The van der Waals surface area contributed by atoms with Gasteiger partial charge in [-0.25, -0.2) is 23.5 Å². The molecule has 186 valence electrons. The number of allylic oxidation sites excluding steroid dienone is 7. The Morgan fingerprint density at radius 2 is 1.75 bits per heavy atom. The fourth-order valence-corrected chi connectivity index (χ4v) is 5.64. The first-order valence-corrected chi connectivity index (χ1v) is 12.2. The van der Waals surface area contributed by atoms with Crippen molar-refractivity contribution in [1.82, 2.24) is 13.9 Å². The first-order valence-electron chi connectivity index (χ1n) is 11.1. The quantitative estimate of drug-likeness (QED) is 0.323. The second-order valence-electron chi connectivity index (χ2n) is 8.66.